The highest BCUT2D eigenvalue weighted by Gasteiger charge is 2.25. The van der Waals surface area contributed by atoms with Crippen LogP contribution in [0.4, 0.5) is 0 Å². The Bertz CT molecular complexity index is 1080. The van der Waals surface area contributed by atoms with Crippen molar-refractivity contribution in [2.24, 2.45) is 0 Å². The van der Waals surface area contributed by atoms with E-state index in [-0.39, 0.29) is 5.91 Å². The van der Waals surface area contributed by atoms with E-state index in [1.54, 1.807) is 24.5 Å². The highest BCUT2D eigenvalue weighted by atomic mass is 32.1. The third kappa shape index (κ3) is 4.10. The lowest BCUT2D eigenvalue weighted by molar-refractivity contribution is -0.126. The molecule has 6 nitrogen and oxygen atoms in total. The average Bonchev–Trinajstić information content (AvgIpc) is 3.26. The van der Waals surface area contributed by atoms with Crippen LogP contribution in [0.5, 0.6) is 17.2 Å². The molecule has 1 aromatic heterocycles. The fraction of sp³-hybridized carbons (Fsp3) is 0.333. The van der Waals surface area contributed by atoms with E-state index in [1.807, 2.05) is 29.2 Å². The van der Waals surface area contributed by atoms with Crippen molar-refractivity contribution in [3.8, 4) is 17.2 Å². The van der Waals surface area contributed by atoms with Gasteiger partial charge in [0.1, 0.15) is 13.2 Å². The SMILES string of the molecule is COc1cc(C=CC(=O)N2CCC(c3nc4ccccc4s3)CC2)cc2c1OCCO2. The first-order chi connectivity index (χ1) is 15.2. The predicted octanol–water partition coefficient (Wildman–Crippen LogP) is 4.50. The lowest BCUT2D eigenvalue weighted by atomic mass is 9.97. The minimum absolute atomic E-state index is 0.0246. The summed E-state index contributed by atoms with van der Waals surface area (Å²) in [6, 6.07) is 12.0. The minimum Gasteiger partial charge on any atom is -0.493 e. The maximum absolute atomic E-state index is 12.7. The molecule has 0 bridgehead atoms. The Labute approximate surface area is 185 Å². The molecule has 0 saturated carbocycles. The van der Waals surface area contributed by atoms with Crippen LogP contribution >= 0.6 is 11.3 Å². The maximum Gasteiger partial charge on any atom is 0.246 e. The van der Waals surface area contributed by atoms with Gasteiger partial charge in [0.05, 0.1) is 22.3 Å². The van der Waals surface area contributed by atoms with Crippen LogP contribution in [0.1, 0.15) is 29.3 Å². The molecule has 0 atom stereocenters. The van der Waals surface area contributed by atoms with Crippen LogP contribution < -0.4 is 14.2 Å². The zero-order valence-corrected chi connectivity index (χ0v) is 18.2. The highest BCUT2D eigenvalue weighted by Crippen LogP contribution is 2.40. The molecule has 0 N–H and O–H groups in total. The molecule has 1 amide bonds. The first-order valence-electron chi connectivity index (χ1n) is 10.5. The molecule has 160 valence electrons. The Kier molecular flexibility index (Phi) is 5.51. The van der Waals surface area contributed by atoms with Crippen LogP contribution in [-0.2, 0) is 4.79 Å². The van der Waals surface area contributed by atoms with Crippen LogP contribution in [0, 0.1) is 0 Å². The summed E-state index contributed by atoms with van der Waals surface area (Å²) in [7, 11) is 1.60. The van der Waals surface area contributed by atoms with E-state index in [0.717, 1.165) is 37.0 Å². The molecule has 0 spiro atoms. The second-order valence-corrected chi connectivity index (χ2v) is 8.76. The van der Waals surface area contributed by atoms with Gasteiger partial charge in [-0.3, -0.25) is 4.79 Å². The number of fused-ring (bicyclic) bond motifs is 2. The second-order valence-electron chi connectivity index (χ2n) is 7.70. The lowest BCUT2D eigenvalue weighted by Crippen LogP contribution is -2.36. The van der Waals surface area contributed by atoms with Gasteiger partial charge in [-0.1, -0.05) is 12.1 Å². The number of benzene rings is 2. The number of piperidine rings is 1. The van der Waals surface area contributed by atoms with E-state index in [9.17, 15) is 4.79 Å². The molecule has 31 heavy (non-hydrogen) atoms. The molecule has 3 aromatic rings. The van der Waals surface area contributed by atoms with E-state index in [0.29, 0.717) is 36.4 Å². The summed E-state index contributed by atoms with van der Waals surface area (Å²) in [4.78, 5) is 19.5. The summed E-state index contributed by atoms with van der Waals surface area (Å²) in [5.74, 6) is 2.33. The third-order valence-corrected chi connectivity index (χ3v) is 6.93. The van der Waals surface area contributed by atoms with E-state index in [1.165, 1.54) is 9.71 Å². The molecule has 5 rings (SSSR count). The number of thiazole rings is 1. The number of carbonyl (C=O) groups excluding carboxylic acids is 1. The number of likely N-dealkylation sites (tertiary alicyclic amines) is 1. The molecule has 2 aliphatic heterocycles. The van der Waals surface area contributed by atoms with Crippen LogP contribution in [0.2, 0.25) is 0 Å². The van der Waals surface area contributed by atoms with Gasteiger partial charge < -0.3 is 19.1 Å². The number of aromatic nitrogens is 1. The smallest absolute Gasteiger partial charge is 0.246 e. The normalized spacial score (nSPS) is 16.7. The van der Waals surface area contributed by atoms with Gasteiger partial charge in [-0.2, -0.15) is 0 Å². The van der Waals surface area contributed by atoms with Crippen molar-refractivity contribution in [2.45, 2.75) is 18.8 Å². The number of amides is 1. The fourth-order valence-corrected chi connectivity index (χ4v) is 5.21. The number of hydrogen-bond donors (Lipinski definition) is 0. The standard InChI is InChI=1S/C24H24N2O4S/c1-28-19-14-16(15-20-23(19)30-13-12-29-20)6-7-22(27)26-10-8-17(9-11-26)24-25-18-4-2-3-5-21(18)31-24/h2-7,14-15,17H,8-13H2,1H3. The van der Waals surface area contributed by atoms with Crippen molar-refractivity contribution in [3.63, 3.8) is 0 Å². The van der Waals surface area contributed by atoms with Crippen LogP contribution in [-0.4, -0.2) is 49.2 Å². The summed E-state index contributed by atoms with van der Waals surface area (Å²) < 4.78 is 17.9. The summed E-state index contributed by atoms with van der Waals surface area (Å²) >= 11 is 1.77. The van der Waals surface area contributed by atoms with Gasteiger partial charge in [0.2, 0.25) is 11.7 Å². The number of rotatable bonds is 4. The van der Waals surface area contributed by atoms with E-state index in [2.05, 4.69) is 18.2 Å². The van der Waals surface area contributed by atoms with Crippen molar-refractivity contribution in [2.75, 3.05) is 33.4 Å². The highest BCUT2D eigenvalue weighted by molar-refractivity contribution is 7.18. The summed E-state index contributed by atoms with van der Waals surface area (Å²) in [6.45, 7) is 2.50. The number of methoxy groups -OCH3 is 1. The molecule has 0 radical (unpaired) electrons. The topological polar surface area (TPSA) is 60.9 Å². The average molecular weight is 437 g/mol. The first-order valence-corrected chi connectivity index (χ1v) is 11.3. The molecule has 1 saturated heterocycles. The van der Waals surface area contributed by atoms with Gasteiger partial charge in [-0.15, -0.1) is 11.3 Å². The largest absolute Gasteiger partial charge is 0.493 e. The van der Waals surface area contributed by atoms with E-state index >= 15 is 0 Å². The molecular formula is C24H24N2O4S. The van der Waals surface area contributed by atoms with E-state index < -0.39 is 0 Å². The zero-order chi connectivity index (χ0) is 21.2. The molecule has 7 heteroatoms. The molecule has 2 aliphatic rings. The van der Waals surface area contributed by atoms with Crippen LogP contribution in [0.25, 0.3) is 16.3 Å². The molecular weight excluding hydrogens is 412 g/mol. The van der Waals surface area contributed by atoms with Gasteiger partial charge in [0.15, 0.2) is 11.5 Å². The van der Waals surface area contributed by atoms with Crippen molar-refractivity contribution < 1.29 is 19.0 Å². The number of para-hydroxylation sites is 1. The Morgan fingerprint density at radius 2 is 2.00 bits per heavy atom. The van der Waals surface area contributed by atoms with Gasteiger partial charge in [0.25, 0.3) is 0 Å². The Hall–Kier alpha value is -3.06. The Balaban J connectivity index is 1.23. The maximum atomic E-state index is 12.7. The fourth-order valence-electron chi connectivity index (χ4n) is 4.07. The number of ether oxygens (including phenoxy) is 3. The quantitative estimate of drug-likeness (QED) is 0.564. The Morgan fingerprint density at radius 3 is 2.81 bits per heavy atom. The molecule has 1 fully saturated rings. The van der Waals surface area contributed by atoms with Crippen molar-refractivity contribution in [1.29, 1.82) is 0 Å². The molecule has 0 unspecified atom stereocenters. The minimum atomic E-state index is 0.0246. The van der Waals surface area contributed by atoms with Crippen molar-refractivity contribution >= 4 is 33.5 Å². The number of carbonyl (C=O) groups is 1. The zero-order valence-electron chi connectivity index (χ0n) is 17.4. The molecule has 2 aromatic carbocycles. The van der Waals surface area contributed by atoms with Crippen LogP contribution in [0.15, 0.2) is 42.5 Å². The second kappa shape index (κ2) is 8.59. The van der Waals surface area contributed by atoms with Crippen LogP contribution in [0.3, 0.4) is 0 Å². The Morgan fingerprint density at radius 1 is 1.19 bits per heavy atom. The lowest BCUT2D eigenvalue weighted by Gasteiger charge is -2.30. The van der Waals surface area contributed by atoms with E-state index in [4.69, 9.17) is 19.2 Å². The summed E-state index contributed by atoms with van der Waals surface area (Å²) in [6.07, 6.45) is 5.32. The van der Waals surface area contributed by atoms with Gasteiger partial charge in [-0.05, 0) is 48.7 Å². The van der Waals surface area contributed by atoms with Crippen molar-refractivity contribution in [1.82, 2.24) is 9.88 Å². The number of nitrogens with zero attached hydrogens (tertiary/aromatic N) is 2. The summed E-state index contributed by atoms with van der Waals surface area (Å²) in [5, 5.41) is 1.19. The number of hydrogen-bond acceptors (Lipinski definition) is 6. The first kappa shape index (κ1) is 19.9. The predicted molar refractivity (Wildman–Crippen MR) is 121 cm³/mol. The monoisotopic (exact) mass is 436 g/mol. The van der Waals surface area contributed by atoms with Crippen molar-refractivity contribution in [3.05, 3.63) is 53.0 Å². The summed E-state index contributed by atoms with van der Waals surface area (Å²) in [5.41, 5.74) is 1.91. The van der Waals surface area contributed by atoms with Gasteiger partial charge in [-0.25, -0.2) is 4.98 Å². The molecule has 3 heterocycles. The van der Waals surface area contributed by atoms with Gasteiger partial charge >= 0.3 is 0 Å². The molecule has 0 aliphatic carbocycles. The third-order valence-electron chi connectivity index (χ3n) is 5.73. The van der Waals surface area contributed by atoms with Gasteiger partial charge in [0, 0.05) is 25.1 Å².